The highest BCUT2D eigenvalue weighted by Crippen LogP contribution is 2.24. The maximum absolute atomic E-state index is 10.8. The Kier molecular flexibility index (Phi) is 5.01. The number of aliphatic carboxylic acids is 1. The van der Waals surface area contributed by atoms with E-state index in [0.29, 0.717) is 0 Å². The van der Waals surface area contributed by atoms with Crippen molar-refractivity contribution in [1.82, 2.24) is 0 Å². The van der Waals surface area contributed by atoms with E-state index in [9.17, 15) is 4.79 Å². The van der Waals surface area contributed by atoms with Crippen molar-refractivity contribution in [3.63, 3.8) is 0 Å². The van der Waals surface area contributed by atoms with Gasteiger partial charge in [0, 0.05) is 5.56 Å². The summed E-state index contributed by atoms with van der Waals surface area (Å²) < 4.78 is 6.03. The van der Waals surface area contributed by atoms with Crippen LogP contribution >= 0.6 is 0 Å². The predicted molar refractivity (Wildman–Crippen MR) is 74.4 cm³/mol. The number of hydrogen-bond acceptors (Lipinski definition) is 2. The third-order valence-corrected chi connectivity index (χ3v) is 3.33. The number of allylic oxidation sites excluding steroid dienone is 2. The SMILES string of the molecule is O=C(O)Cc1ccccc1OC1CCC=CCCC1. The molecule has 0 heterocycles. The van der Waals surface area contributed by atoms with Crippen molar-refractivity contribution in [2.45, 2.75) is 44.6 Å². The monoisotopic (exact) mass is 260 g/mol. The first-order chi connectivity index (χ1) is 9.25. The minimum Gasteiger partial charge on any atom is -0.490 e. The molecule has 19 heavy (non-hydrogen) atoms. The molecule has 1 N–H and O–H groups in total. The number of carbonyl (C=O) groups is 1. The van der Waals surface area contributed by atoms with E-state index >= 15 is 0 Å². The van der Waals surface area contributed by atoms with E-state index in [1.165, 1.54) is 0 Å². The highest BCUT2D eigenvalue weighted by molar-refractivity contribution is 5.71. The molecule has 0 bridgehead atoms. The Hall–Kier alpha value is -1.77. The van der Waals surface area contributed by atoms with Crippen molar-refractivity contribution < 1.29 is 14.6 Å². The molecule has 0 aliphatic heterocycles. The third kappa shape index (κ3) is 4.43. The summed E-state index contributed by atoms with van der Waals surface area (Å²) in [5.41, 5.74) is 0.757. The Balaban J connectivity index is 2.04. The van der Waals surface area contributed by atoms with Crippen LogP contribution in [0.5, 0.6) is 5.75 Å². The molecular formula is C16H20O3. The van der Waals surface area contributed by atoms with Gasteiger partial charge in [-0.15, -0.1) is 0 Å². The van der Waals surface area contributed by atoms with E-state index in [2.05, 4.69) is 12.2 Å². The van der Waals surface area contributed by atoms with Crippen LogP contribution in [0.2, 0.25) is 0 Å². The van der Waals surface area contributed by atoms with Crippen molar-refractivity contribution >= 4 is 5.97 Å². The molecule has 0 aromatic heterocycles. The zero-order valence-corrected chi connectivity index (χ0v) is 11.0. The van der Waals surface area contributed by atoms with Crippen LogP contribution in [0.15, 0.2) is 36.4 Å². The van der Waals surface area contributed by atoms with E-state index in [1.807, 2.05) is 24.3 Å². The number of carboxylic acid groups (broad SMARTS) is 1. The summed E-state index contributed by atoms with van der Waals surface area (Å²) in [6.45, 7) is 0. The zero-order chi connectivity index (χ0) is 13.5. The van der Waals surface area contributed by atoms with E-state index in [1.54, 1.807) is 0 Å². The first-order valence-electron chi connectivity index (χ1n) is 6.87. The highest BCUT2D eigenvalue weighted by atomic mass is 16.5. The quantitative estimate of drug-likeness (QED) is 0.842. The van der Waals surface area contributed by atoms with Crippen LogP contribution in [-0.2, 0) is 11.2 Å². The van der Waals surface area contributed by atoms with Crippen LogP contribution in [0.3, 0.4) is 0 Å². The molecule has 2 rings (SSSR count). The lowest BCUT2D eigenvalue weighted by Gasteiger charge is -2.21. The van der Waals surface area contributed by atoms with Crippen LogP contribution in [0, 0.1) is 0 Å². The molecule has 0 saturated heterocycles. The van der Waals surface area contributed by atoms with Crippen LogP contribution < -0.4 is 4.74 Å². The predicted octanol–water partition coefficient (Wildman–Crippen LogP) is 3.58. The summed E-state index contributed by atoms with van der Waals surface area (Å²) in [6.07, 6.45) is 9.95. The first kappa shape index (κ1) is 13.7. The van der Waals surface area contributed by atoms with Gasteiger partial charge in [0.1, 0.15) is 5.75 Å². The van der Waals surface area contributed by atoms with Crippen molar-refractivity contribution in [3.8, 4) is 5.75 Å². The maximum atomic E-state index is 10.8. The van der Waals surface area contributed by atoms with Crippen LogP contribution in [0.4, 0.5) is 0 Å². The van der Waals surface area contributed by atoms with Gasteiger partial charge >= 0.3 is 5.97 Å². The highest BCUT2D eigenvalue weighted by Gasteiger charge is 2.14. The van der Waals surface area contributed by atoms with Gasteiger partial charge in [-0.3, -0.25) is 4.79 Å². The number of rotatable bonds is 4. The number of para-hydroxylation sites is 1. The molecule has 0 amide bonds. The second-order valence-corrected chi connectivity index (χ2v) is 4.90. The summed E-state index contributed by atoms with van der Waals surface area (Å²) in [5, 5.41) is 8.91. The van der Waals surface area contributed by atoms with E-state index in [4.69, 9.17) is 9.84 Å². The maximum Gasteiger partial charge on any atom is 0.307 e. The molecule has 1 aromatic carbocycles. The van der Waals surface area contributed by atoms with Gasteiger partial charge in [-0.2, -0.15) is 0 Å². The second-order valence-electron chi connectivity index (χ2n) is 4.90. The molecule has 102 valence electrons. The van der Waals surface area contributed by atoms with Gasteiger partial charge in [0.05, 0.1) is 12.5 Å². The molecule has 0 radical (unpaired) electrons. The van der Waals surface area contributed by atoms with Crippen LogP contribution in [0.25, 0.3) is 0 Å². The van der Waals surface area contributed by atoms with E-state index in [0.717, 1.165) is 43.4 Å². The number of ether oxygens (including phenoxy) is 1. The topological polar surface area (TPSA) is 46.5 Å². The summed E-state index contributed by atoms with van der Waals surface area (Å²) in [5.74, 6) is -0.101. The Morgan fingerprint density at radius 3 is 2.84 bits per heavy atom. The second kappa shape index (κ2) is 6.98. The summed E-state index contributed by atoms with van der Waals surface area (Å²) >= 11 is 0. The van der Waals surface area contributed by atoms with E-state index in [-0.39, 0.29) is 12.5 Å². The fourth-order valence-corrected chi connectivity index (χ4v) is 2.35. The first-order valence-corrected chi connectivity index (χ1v) is 6.87. The minimum atomic E-state index is -0.823. The molecule has 1 aromatic rings. The zero-order valence-electron chi connectivity index (χ0n) is 11.0. The molecule has 1 unspecified atom stereocenters. The Labute approximate surface area is 113 Å². The Morgan fingerprint density at radius 2 is 2.00 bits per heavy atom. The Bertz CT molecular complexity index is 451. The van der Waals surface area contributed by atoms with Crippen molar-refractivity contribution in [2.75, 3.05) is 0 Å². The molecule has 1 aliphatic carbocycles. The van der Waals surface area contributed by atoms with Gasteiger partial charge < -0.3 is 9.84 Å². The average molecular weight is 260 g/mol. The lowest BCUT2D eigenvalue weighted by atomic mass is 10.0. The summed E-state index contributed by atoms with van der Waals surface area (Å²) in [6, 6.07) is 7.44. The lowest BCUT2D eigenvalue weighted by molar-refractivity contribution is -0.136. The van der Waals surface area contributed by atoms with Crippen LogP contribution in [-0.4, -0.2) is 17.2 Å². The fraction of sp³-hybridized carbons (Fsp3) is 0.438. The standard InChI is InChI=1S/C16H20O3/c17-16(18)12-13-8-6-7-11-15(13)19-14-9-4-2-1-3-5-10-14/h1-2,6-8,11,14H,3-5,9-10,12H2,(H,17,18). The average Bonchev–Trinajstić information content (AvgIpc) is 2.34. The molecule has 0 spiro atoms. The molecule has 1 atom stereocenters. The minimum absolute atomic E-state index is 0.0167. The lowest BCUT2D eigenvalue weighted by Crippen LogP contribution is -2.18. The largest absolute Gasteiger partial charge is 0.490 e. The van der Waals surface area contributed by atoms with Crippen molar-refractivity contribution in [1.29, 1.82) is 0 Å². The van der Waals surface area contributed by atoms with Gasteiger partial charge in [0.2, 0.25) is 0 Å². The molecule has 3 heteroatoms. The summed E-state index contributed by atoms with van der Waals surface area (Å²) in [4.78, 5) is 10.8. The number of benzene rings is 1. The molecule has 1 aliphatic rings. The van der Waals surface area contributed by atoms with Gasteiger partial charge in [0.25, 0.3) is 0 Å². The van der Waals surface area contributed by atoms with Crippen molar-refractivity contribution in [2.24, 2.45) is 0 Å². The fourth-order valence-electron chi connectivity index (χ4n) is 2.35. The molecule has 3 nitrogen and oxygen atoms in total. The molecule has 0 saturated carbocycles. The smallest absolute Gasteiger partial charge is 0.307 e. The van der Waals surface area contributed by atoms with Gasteiger partial charge in [-0.1, -0.05) is 30.4 Å². The van der Waals surface area contributed by atoms with Crippen molar-refractivity contribution in [3.05, 3.63) is 42.0 Å². The summed E-state index contributed by atoms with van der Waals surface area (Å²) in [7, 11) is 0. The molecule has 0 fully saturated rings. The molecular weight excluding hydrogens is 240 g/mol. The third-order valence-electron chi connectivity index (χ3n) is 3.33. The normalized spacial score (nSPS) is 19.5. The number of carboxylic acids is 1. The van der Waals surface area contributed by atoms with Gasteiger partial charge in [0.15, 0.2) is 0 Å². The van der Waals surface area contributed by atoms with E-state index < -0.39 is 5.97 Å². The van der Waals surface area contributed by atoms with Gasteiger partial charge in [-0.25, -0.2) is 0 Å². The Morgan fingerprint density at radius 1 is 1.21 bits per heavy atom. The number of hydrogen-bond donors (Lipinski definition) is 1. The van der Waals surface area contributed by atoms with Crippen LogP contribution in [0.1, 0.15) is 37.7 Å². The van der Waals surface area contributed by atoms with Gasteiger partial charge in [-0.05, 0) is 38.2 Å².